The van der Waals surface area contributed by atoms with E-state index in [0.29, 0.717) is 0 Å². The van der Waals surface area contributed by atoms with Crippen LogP contribution in [0.1, 0.15) is 24.5 Å². The van der Waals surface area contributed by atoms with Crippen molar-refractivity contribution in [2.24, 2.45) is 0 Å². The molecule has 0 radical (unpaired) electrons. The molecule has 0 bridgehead atoms. The van der Waals surface area contributed by atoms with Crippen molar-refractivity contribution in [2.75, 3.05) is 5.32 Å². The van der Waals surface area contributed by atoms with Crippen LogP contribution >= 0.6 is 0 Å². The summed E-state index contributed by atoms with van der Waals surface area (Å²) in [7, 11) is 0. The monoisotopic (exact) mass is 230 g/mol. The predicted molar refractivity (Wildman–Crippen MR) is 68.8 cm³/mol. The van der Waals surface area contributed by atoms with Crippen LogP contribution in [0.15, 0.2) is 30.9 Å². The van der Waals surface area contributed by atoms with Crippen molar-refractivity contribution >= 4 is 5.69 Å². The molecule has 0 aromatic carbocycles. The molecule has 0 spiro atoms. The fourth-order valence-corrected chi connectivity index (χ4v) is 1.70. The third kappa shape index (κ3) is 3.06. The minimum absolute atomic E-state index is 0.788. The first-order valence-corrected chi connectivity index (χ1v) is 5.95. The molecule has 0 saturated heterocycles. The number of aryl methyl sites for hydroxylation is 2. The van der Waals surface area contributed by atoms with E-state index in [1.54, 1.807) is 6.20 Å². The largest absolute Gasteiger partial charge is 0.379 e. The van der Waals surface area contributed by atoms with Gasteiger partial charge in [0.25, 0.3) is 0 Å². The number of pyridine rings is 1. The van der Waals surface area contributed by atoms with Crippen LogP contribution in [0.2, 0.25) is 0 Å². The second-order valence-corrected chi connectivity index (χ2v) is 4.16. The van der Waals surface area contributed by atoms with Crippen molar-refractivity contribution in [2.45, 2.75) is 33.4 Å². The Bertz CT molecular complexity index is 476. The zero-order valence-corrected chi connectivity index (χ0v) is 10.3. The summed E-state index contributed by atoms with van der Waals surface area (Å²) >= 11 is 0. The van der Waals surface area contributed by atoms with Gasteiger partial charge < -0.3 is 5.32 Å². The summed E-state index contributed by atoms with van der Waals surface area (Å²) in [6.45, 7) is 5.99. The topological polar surface area (TPSA) is 42.7 Å². The van der Waals surface area contributed by atoms with Gasteiger partial charge in [0, 0.05) is 31.0 Å². The zero-order chi connectivity index (χ0) is 12.1. The molecular weight excluding hydrogens is 212 g/mol. The van der Waals surface area contributed by atoms with E-state index in [4.69, 9.17) is 0 Å². The molecule has 1 N–H and O–H groups in total. The van der Waals surface area contributed by atoms with Crippen molar-refractivity contribution < 1.29 is 0 Å². The van der Waals surface area contributed by atoms with Crippen LogP contribution in [0, 0.1) is 6.92 Å². The highest BCUT2D eigenvalue weighted by atomic mass is 15.3. The first-order valence-electron chi connectivity index (χ1n) is 5.95. The van der Waals surface area contributed by atoms with Crippen LogP contribution in [0.25, 0.3) is 0 Å². The Hall–Kier alpha value is -1.84. The molecule has 90 valence electrons. The molecule has 4 heteroatoms. The summed E-state index contributed by atoms with van der Waals surface area (Å²) in [5, 5.41) is 7.67. The van der Waals surface area contributed by atoms with Crippen molar-refractivity contribution in [1.29, 1.82) is 0 Å². The molecule has 0 aliphatic heterocycles. The number of nitrogens with zero attached hydrogens (tertiary/aromatic N) is 3. The Labute approximate surface area is 102 Å². The number of hydrogen-bond donors (Lipinski definition) is 1. The minimum Gasteiger partial charge on any atom is -0.379 e. The molecule has 17 heavy (non-hydrogen) atoms. The third-order valence-corrected chi connectivity index (χ3v) is 2.66. The van der Waals surface area contributed by atoms with Crippen LogP contribution in [0.3, 0.4) is 0 Å². The Morgan fingerprint density at radius 2 is 2.24 bits per heavy atom. The van der Waals surface area contributed by atoms with Gasteiger partial charge >= 0.3 is 0 Å². The van der Waals surface area contributed by atoms with E-state index in [1.807, 2.05) is 23.1 Å². The van der Waals surface area contributed by atoms with E-state index in [0.717, 1.165) is 25.2 Å². The summed E-state index contributed by atoms with van der Waals surface area (Å²) in [6.07, 6.45) is 8.76. The lowest BCUT2D eigenvalue weighted by Gasteiger charge is -2.06. The molecule has 2 aromatic rings. The van der Waals surface area contributed by atoms with Crippen LogP contribution < -0.4 is 5.32 Å². The van der Waals surface area contributed by atoms with Crippen LogP contribution in [-0.2, 0) is 13.1 Å². The van der Waals surface area contributed by atoms with E-state index in [2.05, 4.69) is 35.4 Å². The molecule has 0 aliphatic carbocycles. The van der Waals surface area contributed by atoms with E-state index in [9.17, 15) is 0 Å². The second kappa shape index (κ2) is 5.48. The molecule has 0 unspecified atom stereocenters. The minimum atomic E-state index is 0.788. The highest BCUT2D eigenvalue weighted by Crippen LogP contribution is 2.12. The molecule has 0 atom stereocenters. The van der Waals surface area contributed by atoms with Crippen LogP contribution in [0.4, 0.5) is 5.69 Å². The average Bonchev–Trinajstić information content (AvgIpc) is 2.76. The van der Waals surface area contributed by atoms with Gasteiger partial charge in [0.05, 0.1) is 18.1 Å². The summed E-state index contributed by atoms with van der Waals surface area (Å²) in [4.78, 5) is 4.11. The van der Waals surface area contributed by atoms with Crippen LogP contribution in [0.5, 0.6) is 0 Å². The molecular formula is C13H18N4. The van der Waals surface area contributed by atoms with Gasteiger partial charge in [0.2, 0.25) is 0 Å². The second-order valence-electron chi connectivity index (χ2n) is 4.16. The van der Waals surface area contributed by atoms with E-state index < -0.39 is 0 Å². The Balaban J connectivity index is 1.95. The molecule has 0 amide bonds. The molecule has 2 heterocycles. The lowest BCUT2D eigenvalue weighted by Crippen LogP contribution is -2.01. The first-order chi connectivity index (χ1) is 8.29. The quantitative estimate of drug-likeness (QED) is 0.858. The fraction of sp³-hybridized carbons (Fsp3) is 0.385. The Morgan fingerprint density at radius 1 is 1.35 bits per heavy atom. The summed E-state index contributed by atoms with van der Waals surface area (Å²) in [6, 6.07) is 2.00. The molecule has 0 fully saturated rings. The molecule has 2 aromatic heterocycles. The van der Waals surface area contributed by atoms with Gasteiger partial charge in [-0.15, -0.1) is 0 Å². The normalized spacial score (nSPS) is 10.5. The number of aromatic nitrogens is 3. The summed E-state index contributed by atoms with van der Waals surface area (Å²) < 4.78 is 1.98. The number of rotatable bonds is 5. The lowest BCUT2D eigenvalue weighted by molar-refractivity contribution is 0.602. The summed E-state index contributed by atoms with van der Waals surface area (Å²) in [5.74, 6) is 0. The lowest BCUT2D eigenvalue weighted by atomic mass is 10.2. The Morgan fingerprint density at radius 3 is 3.00 bits per heavy atom. The molecule has 0 saturated carbocycles. The molecule has 0 aliphatic rings. The van der Waals surface area contributed by atoms with Crippen LogP contribution in [-0.4, -0.2) is 14.8 Å². The summed E-state index contributed by atoms with van der Waals surface area (Å²) in [5.41, 5.74) is 3.48. The maximum Gasteiger partial charge on any atom is 0.0559 e. The van der Waals surface area contributed by atoms with Crippen molar-refractivity contribution in [3.8, 4) is 0 Å². The average molecular weight is 230 g/mol. The SMILES string of the molecule is CCCn1cc(CNc2cnccc2C)cn1. The third-order valence-electron chi connectivity index (χ3n) is 2.66. The van der Waals surface area contributed by atoms with Gasteiger partial charge in [-0.05, 0) is 25.0 Å². The van der Waals surface area contributed by atoms with E-state index in [1.165, 1.54) is 11.1 Å². The van der Waals surface area contributed by atoms with Gasteiger partial charge in [-0.2, -0.15) is 5.10 Å². The van der Waals surface area contributed by atoms with Gasteiger partial charge in [-0.25, -0.2) is 0 Å². The van der Waals surface area contributed by atoms with Gasteiger partial charge in [0.15, 0.2) is 0 Å². The van der Waals surface area contributed by atoms with E-state index >= 15 is 0 Å². The molecule has 2 rings (SSSR count). The fourth-order valence-electron chi connectivity index (χ4n) is 1.70. The Kier molecular flexibility index (Phi) is 3.75. The van der Waals surface area contributed by atoms with Gasteiger partial charge in [-0.3, -0.25) is 9.67 Å². The standard InChI is InChI=1S/C13H18N4/c1-3-6-17-10-12(8-16-17)7-15-13-9-14-5-4-11(13)2/h4-5,8-10,15H,3,6-7H2,1-2H3. The van der Waals surface area contributed by atoms with Gasteiger partial charge in [0.1, 0.15) is 0 Å². The number of hydrogen-bond acceptors (Lipinski definition) is 3. The molecule has 4 nitrogen and oxygen atoms in total. The maximum absolute atomic E-state index is 4.30. The smallest absolute Gasteiger partial charge is 0.0559 e. The van der Waals surface area contributed by atoms with Crippen molar-refractivity contribution in [1.82, 2.24) is 14.8 Å². The van der Waals surface area contributed by atoms with Crippen molar-refractivity contribution in [3.63, 3.8) is 0 Å². The van der Waals surface area contributed by atoms with Crippen molar-refractivity contribution in [3.05, 3.63) is 42.0 Å². The maximum atomic E-state index is 4.30. The van der Waals surface area contributed by atoms with E-state index in [-0.39, 0.29) is 0 Å². The highest BCUT2D eigenvalue weighted by molar-refractivity contribution is 5.48. The number of anilines is 1. The number of nitrogens with one attached hydrogen (secondary N) is 1. The first kappa shape index (κ1) is 11.6. The predicted octanol–water partition coefficient (Wildman–Crippen LogP) is 2.61. The van der Waals surface area contributed by atoms with Gasteiger partial charge in [-0.1, -0.05) is 6.92 Å². The zero-order valence-electron chi connectivity index (χ0n) is 10.3. The highest BCUT2D eigenvalue weighted by Gasteiger charge is 2.00.